The van der Waals surface area contributed by atoms with Crippen molar-refractivity contribution in [1.82, 2.24) is 14.5 Å². The summed E-state index contributed by atoms with van der Waals surface area (Å²) >= 11 is 0. The minimum absolute atomic E-state index is 0.304. The summed E-state index contributed by atoms with van der Waals surface area (Å²) in [6.45, 7) is 1.94. The standard InChI is InChI=1S/C20H17FN4O/c1-13-11-25(12-23-13)16-8-15(9-17(10-16)26-2)24-19-5-6-22-20-7-14(21)3-4-18(19)20/h3-12H,1-2H3,(H,22,24). The van der Waals surface area contributed by atoms with Gasteiger partial charge in [-0.1, -0.05) is 0 Å². The molecule has 0 spiro atoms. The van der Waals surface area contributed by atoms with Crippen LogP contribution in [0.5, 0.6) is 5.75 Å². The van der Waals surface area contributed by atoms with Crippen LogP contribution < -0.4 is 10.1 Å². The second kappa shape index (κ2) is 6.48. The van der Waals surface area contributed by atoms with E-state index in [1.807, 2.05) is 42.0 Å². The van der Waals surface area contributed by atoms with Crippen molar-refractivity contribution in [2.24, 2.45) is 0 Å². The SMILES string of the molecule is COc1cc(Nc2ccnc3cc(F)ccc23)cc(-n2cnc(C)c2)c1. The van der Waals surface area contributed by atoms with Crippen molar-refractivity contribution in [3.63, 3.8) is 0 Å². The Morgan fingerprint density at radius 2 is 1.96 bits per heavy atom. The minimum Gasteiger partial charge on any atom is -0.497 e. The number of nitrogens with one attached hydrogen (secondary N) is 1. The van der Waals surface area contributed by atoms with Crippen LogP contribution in [0.2, 0.25) is 0 Å². The summed E-state index contributed by atoms with van der Waals surface area (Å²) < 4.78 is 20.8. The number of imidazole rings is 1. The number of ether oxygens (including phenoxy) is 1. The molecular weight excluding hydrogens is 331 g/mol. The molecule has 0 aliphatic carbocycles. The zero-order valence-electron chi connectivity index (χ0n) is 14.4. The van der Waals surface area contributed by atoms with E-state index in [1.54, 1.807) is 25.7 Å². The van der Waals surface area contributed by atoms with E-state index in [9.17, 15) is 4.39 Å². The highest BCUT2D eigenvalue weighted by Crippen LogP contribution is 2.29. The van der Waals surface area contributed by atoms with Crippen LogP contribution in [0.4, 0.5) is 15.8 Å². The highest BCUT2D eigenvalue weighted by molar-refractivity contribution is 5.93. The predicted octanol–water partition coefficient (Wildman–Crippen LogP) is 4.62. The predicted molar refractivity (Wildman–Crippen MR) is 99.8 cm³/mol. The van der Waals surface area contributed by atoms with Crippen LogP contribution in [-0.4, -0.2) is 21.6 Å². The van der Waals surface area contributed by atoms with Gasteiger partial charge in [-0.25, -0.2) is 9.37 Å². The minimum atomic E-state index is -0.304. The van der Waals surface area contributed by atoms with E-state index in [-0.39, 0.29) is 5.82 Å². The number of aryl methyl sites for hydroxylation is 1. The number of anilines is 2. The van der Waals surface area contributed by atoms with E-state index in [4.69, 9.17) is 4.74 Å². The first-order chi connectivity index (χ1) is 12.6. The van der Waals surface area contributed by atoms with Crippen molar-refractivity contribution < 1.29 is 9.13 Å². The van der Waals surface area contributed by atoms with Gasteiger partial charge in [-0.15, -0.1) is 0 Å². The number of hydrogen-bond acceptors (Lipinski definition) is 4. The lowest BCUT2D eigenvalue weighted by molar-refractivity contribution is 0.415. The smallest absolute Gasteiger partial charge is 0.125 e. The molecule has 5 nitrogen and oxygen atoms in total. The molecule has 0 atom stereocenters. The van der Waals surface area contributed by atoms with Gasteiger partial charge in [0.15, 0.2) is 0 Å². The molecule has 0 radical (unpaired) electrons. The summed E-state index contributed by atoms with van der Waals surface area (Å²) in [6, 6.07) is 12.3. The molecule has 2 aromatic carbocycles. The van der Waals surface area contributed by atoms with E-state index in [1.165, 1.54) is 12.1 Å². The number of hydrogen-bond donors (Lipinski definition) is 1. The van der Waals surface area contributed by atoms with Gasteiger partial charge in [0, 0.05) is 47.4 Å². The van der Waals surface area contributed by atoms with Crippen LogP contribution in [0.15, 0.2) is 61.2 Å². The molecule has 2 heterocycles. The van der Waals surface area contributed by atoms with Gasteiger partial charge in [-0.3, -0.25) is 4.98 Å². The first-order valence-electron chi connectivity index (χ1n) is 8.14. The van der Waals surface area contributed by atoms with Crippen molar-refractivity contribution in [2.75, 3.05) is 12.4 Å². The van der Waals surface area contributed by atoms with E-state index < -0.39 is 0 Å². The molecule has 130 valence electrons. The van der Waals surface area contributed by atoms with E-state index in [2.05, 4.69) is 15.3 Å². The fraction of sp³-hybridized carbons (Fsp3) is 0.100. The molecule has 0 fully saturated rings. The quantitative estimate of drug-likeness (QED) is 0.585. The highest BCUT2D eigenvalue weighted by Gasteiger charge is 2.07. The first-order valence-corrected chi connectivity index (χ1v) is 8.14. The Balaban J connectivity index is 1.77. The van der Waals surface area contributed by atoms with Crippen molar-refractivity contribution in [3.05, 3.63) is 72.7 Å². The molecule has 2 aromatic heterocycles. The third kappa shape index (κ3) is 3.09. The Morgan fingerprint density at radius 3 is 2.73 bits per heavy atom. The molecule has 0 saturated heterocycles. The van der Waals surface area contributed by atoms with E-state index in [0.717, 1.165) is 33.9 Å². The number of pyridine rings is 1. The lowest BCUT2D eigenvalue weighted by Crippen LogP contribution is -1.97. The summed E-state index contributed by atoms with van der Waals surface area (Å²) in [5.41, 5.74) is 4.16. The Morgan fingerprint density at radius 1 is 1.08 bits per heavy atom. The molecule has 0 bridgehead atoms. The zero-order valence-corrected chi connectivity index (χ0v) is 14.4. The summed E-state index contributed by atoms with van der Waals surface area (Å²) in [4.78, 5) is 8.50. The normalized spacial score (nSPS) is 10.9. The molecule has 0 aliphatic rings. The Hall–Kier alpha value is -3.41. The average molecular weight is 348 g/mol. The number of fused-ring (bicyclic) bond motifs is 1. The van der Waals surface area contributed by atoms with Crippen LogP contribution in [-0.2, 0) is 0 Å². The maximum atomic E-state index is 13.5. The summed E-state index contributed by atoms with van der Waals surface area (Å²) in [5.74, 6) is 0.419. The third-order valence-electron chi connectivity index (χ3n) is 4.12. The molecule has 26 heavy (non-hydrogen) atoms. The van der Waals surface area contributed by atoms with Crippen molar-refractivity contribution in [1.29, 1.82) is 0 Å². The second-order valence-electron chi connectivity index (χ2n) is 5.99. The maximum absolute atomic E-state index is 13.5. The van der Waals surface area contributed by atoms with Gasteiger partial charge < -0.3 is 14.6 Å². The van der Waals surface area contributed by atoms with Gasteiger partial charge in [0.2, 0.25) is 0 Å². The first kappa shape index (κ1) is 16.1. The lowest BCUT2D eigenvalue weighted by atomic mass is 10.1. The highest BCUT2D eigenvalue weighted by atomic mass is 19.1. The molecule has 1 N–H and O–H groups in total. The summed E-state index contributed by atoms with van der Waals surface area (Å²) in [7, 11) is 1.63. The number of rotatable bonds is 4. The molecule has 0 amide bonds. The monoisotopic (exact) mass is 348 g/mol. The Kier molecular flexibility index (Phi) is 4.01. The fourth-order valence-electron chi connectivity index (χ4n) is 2.87. The van der Waals surface area contributed by atoms with Crippen LogP contribution >= 0.6 is 0 Å². The lowest BCUT2D eigenvalue weighted by Gasteiger charge is -2.13. The largest absolute Gasteiger partial charge is 0.497 e. The fourth-order valence-corrected chi connectivity index (χ4v) is 2.87. The van der Waals surface area contributed by atoms with Crippen molar-refractivity contribution in [3.8, 4) is 11.4 Å². The van der Waals surface area contributed by atoms with Crippen LogP contribution in [0.25, 0.3) is 16.6 Å². The molecule has 0 aliphatic heterocycles. The molecule has 0 saturated carbocycles. The topological polar surface area (TPSA) is 52.0 Å². The Labute approximate surface area is 150 Å². The van der Waals surface area contributed by atoms with Crippen molar-refractivity contribution >= 4 is 22.3 Å². The summed E-state index contributed by atoms with van der Waals surface area (Å²) in [6.07, 6.45) is 5.37. The van der Waals surface area contributed by atoms with Gasteiger partial charge in [0.1, 0.15) is 11.6 Å². The van der Waals surface area contributed by atoms with Gasteiger partial charge in [0.25, 0.3) is 0 Å². The molecule has 6 heteroatoms. The number of halogens is 1. The second-order valence-corrected chi connectivity index (χ2v) is 5.99. The zero-order chi connectivity index (χ0) is 18.1. The number of methoxy groups -OCH3 is 1. The third-order valence-corrected chi connectivity index (χ3v) is 4.12. The number of nitrogens with zero attached hydrogens (tertiary/aromatic N) is 3. The van der Waals surface area contributed by atoms with Crippen LogP contribution in [0, 0.1) is 12.7 Å². The van der Waals surface area contributed by atoms with Gasteiger partial charge in [-0.05, 0) is 31.2 Å². The van der Waals surface area contributed by atoms with Gasteiger partial charge in [-0.2, -0.15) is 0 Å². The van der Waals surface area contributed by atoms with E-state index in [0.29, 0.717) is 5.52 Å². The van der Waals surface area contributed by atoms with Crippen LogP contribution in [0.1, 0.15) is 5.69 Å². The average Bonchev–Trinajstić information content (AvgIpc) is 3.08. The van der Waals surface area contributed by atoms with Crippen LogP contribution in [0.3, 0.4) is 0 Å². The molecule has 4 aromatic rings. The molecular formula is C20H17FN4O. The van der Waals surface area contributed by atoms with Crippen molar-refractivity contribution in [2.45, 2.75) is 6.92 Å². The molecule has 4 rings (SSSR count). The molecule has 0 unspecified atom stereocenters. The summed E-state index contributed by atoms with van der Waals surface area (Å²) in [5, 5.41) is 4.23. The van der Waals surface area contributed by atoms with Gasteiger partial charge in [0.05, 0.1) is 30.3 Å². The maximum Gasteiger partial charge on any atom is 0.125 e. The van der Waals surface area contributed by atoms with E-state index >= 15 is 0 Å². The number of benzene rings is 2. The Bertz CT molecular complexity index is 1090. The number of aromatic nitrogens is 3. The van der Waals surface area contributed by atoms with Gasteiger partial charge >= 0.3 is 0 Å².